The number of hydrogen-bond donors (Lipinski definition) is 1. The monoisotopic (exact) mass is 466 g/mol. The molecule has 2 rings (SSSR count). The number of nitrogens with one attached hydrogen (secondary N) is 1. The van der Waals surface area contributed by atoms with Gasteiger partial charge in [-0.15, -0.1) is 0 Å². The van der Waals surface area contributed by atoms with E-state index >= 15 is 0 Å². The number of carbonyl (C=O) groups is 2. The van der Waals surface area contributed by atoms with Crippen molar-refractivity contribution in [3.05, 3.63) is 59.9 Å². The molecule has 0 radical (unpaired) electrons. The summed E-state index contributed by atoms with van der Waals surface area (Å²) in [5.41, 5.74) is 0.628. The summed E-state index contributed by atoms with van der Waals surface area (Å²) in [6.45, 7) is 5.60. The molecular weight excluding hydrogens is 439 g/mol. The zero-order chi connectivity index (χ0) is 23.7. The van der Waals surface area contributed by atoms with E-state index in [-0.39, 0.29) is 36.4 Å². The second-order valence-electron chi connectivity index (χ2n) is 6.99. The Balaban J connectivity index is 2.14. The SMILES string of the molecule is CCOC(=O)CNC(=O)N(Cc1cccc(OS(=O)(=O)c2ccc(F)cc2)c1)C(C)CC. The van der Waals surface area contributed by atoms with E-state index in [4.69, 9.17) is 8.92 Å². The normalized spacial score (nSPS) is 12.0. The molecule has 0 bridgehead atoms. The number of hydrogen-bond acceptors (Lipinski definition) is 6. The van der Waals surface area contributed by atoms with Gasteiger partial charge in [-0.2, -0.15) is 8.42 Å². The van der Waals surface area contributed by atoms with Crippen molar-refractivity contribution in [2.24, 2.45) is 0 Å². The van der Waals surface area contributed by atoms with Crippen LogP contribution in [0.5, 0.6) is 5.75 Å². The van der Waals surface area contributed by atoms with E-state index in [0.29, 0.717) is 12.0 Å². The molecule has 0 saturated heterocycles. The number of rotatable bonds is 10. The van der Waals surface area contributed by atoms with Crippen LogP contribution in [0.4, 0.5) is 9.18 Å². The largest absolute Gasteiger partial charge is 0.465 e. The summed E-state index contributed by atoms with van der Waals surface area (Å²) in [7, 11) is -4.15. The fourth-order valence-electron chi connectivity index (χ4n) is 2.78. The molecular formula is C22H27FN2O6S. The van der Waals surface area contributed by atoms with Crippen LogP contribution in [0.1, 0.15) is 32.8 Å². The fraction of sp³-hybridized carbons (Fsp3) is 0.364. The zero-order valence-electron chi connectivity index (χ0n) is 18.2. The van der Waals surface area contributed by atoms with Gasteiger partial charge in [-0.25, -0.2) is 9.18 Å². The number of esters is 1. The van der Waals surface area contributed by atoms with Crippen molar-refractivity contribution in [1.82, 2.24) is 10.2 Å². The van der Waals surface area contributed by atoms with Gasteiger partial charge in [0.25, 0.3) is 0 Å². The highest BCUT2D eigenvalue weighted by Crippen LogP contribution is 2.21. The van der Waals surface area contributed by atoms with Crippen LogP contribution in [0.3, 0.4) is 0 Å². The summed E-state index contributed by atoms with van der Waals surface area (Å²) in [5.74, 6) is -1.04. The molecule has 0 aliphatic carbocycles. The van der Waals surface area contributed by atoms with Crippen molar-refractivity contribution in [3.8, 4) is 5.75 Å². The van der Waals surface area contributed by atoms with Gasteiger partial charge < -0.3 is 19.1 Å². The van der Waals surface area contributed by atoms with Gasteiger partial charge >= 0.3 is 22.1 Å². The topological polar surface area (TPSA) is 102 Å². The number of urea groups is 1. The van der Waals surface area contributed by atoms with Gasteiger partial charge in [0, 0.05) is 12.6 Å². The molecule has 174 valence electrons. The predicted octanol–water partition coefficient (Wildman–Crippen LogP) is 3.47. The first-order valence-corrected chi connectivity index (χ1v) is 11.6. The van der Waals surface area contributed by atoms with Gasteiger partial charge in [0.15, 0.2) is 0 Å². The lowest BCUT2D eigenvalue weighted by Crippen LogP contribution is -2.46. The van der Waals surface area contributed by atoms with Gasteiger partial charge in [-0.05, 0) is 62.2 Å². The van der Waals surface area contributed by atoms with Crippen molar-refractivity contribution >= 4 is 22.1 Å². The molecule has 8 nitrogen and oxygen atoms in total. The third kappa shape index (κ3) is 7.23. The molecule has 0 aromatic heterocycles. The van der Waals surface area contributed by atoms with E-state index < -0.39 is 27.9 Å². The lowest BCUT2D eigenvalue weighted by molar-refractivity contribution is -0.141. The van der Waals surface area contributed by atoms with Crippen LogP contribution in [-0.4, -0.2) is 44.5 Å². The van der Waals surface area contributed by atoms with Gasteiger partial charge in [0.1, 0.15) is 23.0 Å². The van der Waals surface area contributed by atoms with Crippen LogP contribution < -0.4 is 9.50 Å². The Kier molecular flexibility index (Phi) is 9.01. The number of benzene rings is 2. The number of halogens is 1. The molecule has 2 aromatic rings. The first-order chi connectivity index (χ1) is 15.2. The minimum Gasteiger partial charge on any atom is -0.465 e. The highest BCUT2D eigenvalue weighted by atomic mass is 32.2. The van der Waals surface area contributed by atoms with Gasteiger partial charge in [0.2, 0.25) is 0 Å². The Bertz CT molecular complexity index is 1030. The lowest BCUT2D eigenvalue weighted by Gasteiger charge is -2.29. The van der Waals surface area contributed by atoms with E-state index in [0.717, 1.165) is 24.3 Å². The highest BCUT2D eigenvalue weighted by molar-refractivity contribution is 7.87. The van der Waals surface area contributed by atoms with Crippen molar-refractivity contribution in [2.45, 2.75) is 44.7 Å². The van der Waals surface area contributed by atoms with E-state index in [9.17, 15) is 22.4 Å². The van der Waals surface area contributed by atoms with Crippen LogP contribution in [0, 0.1) is 5.82 Å². The summed E-state index contributed by atoms with van der Waals surface area (Å²) < 4.78 is 48.0. The predicted molar refractivity (Wildman–Crippen MR) is 116 cm³/mol. The Morgan fingerprint density at radius 1 is 1.12 bits per heavy atom. The molecule has 0 saturated carbocycles. The van der Waals surface area contributed by atoms with Crippen LogP contribution in [0.15, 0.2) is 53.4 Å². The molecule has 32 heavy (non-hydrogen) atoms. The Labute approximate surface area is 187 Å². The van der Waals surface area contributed by atoms with Crippen molar-refractivity contribution in [1.29, 1.82) is 0 Å². The van der Waals surface area contributed by atoms with Crippen LogP contribution in [0.25, 0.3) is 0 Å². The van der Waals surface area contributed by atoms with E-state index in [1.807, 2.05) is 13.8 Å². The van der Waals surface area contributed by atoms with Crippen molar-refractivity contribution in [2.75, 3.05) is 13.2 Å². The second-order valence-corrected chi connectivity index (χ2v) is 8.53. The number of amides is 2. The maximum Gasteiger partial charge on any atom is 0.339 e. The third-order valence-electron chi connectivity index (χ3n) is 4.63. The average molecular weight is 467 g/mol. The second kappa shape index (κ2) is 11.5. The standard InChI is InChI=1S/C22H27FN2O6S/c1-4-16(3)25(22(27)24-14-21(26)30-5-2)15-17-7-6-8-19(13-17)31-32(28,29)20-11-9-18(23)10-12-20/h6-13,16H,4-5,14-15H2,1-3H3,(H,24,27). The maximum atomic E-state index is 13.1. The third-order valence-corrected chi connectivity index (χ3v) is 5.89. The minimum absolute atomic E-state index is 0.0582. The summed E-state index contributed by atoms with van der Waals surface area (Å²) in [5, 5.41) is 2.54. The fourth-order valence-corrected chi connectivity index (χ4v) is 3.70. The number of carbonyl (C=O) groups excluding carboxylic acids is 2. The molecule has 2 aromatic carbocycles. The van der Waals surface area contributed by atoms with Gasteiger partial charge in [-0.3, -0.25) is 4.79 Å². The van der Waals surface area contributed by atoms with Crippen LogP contribution in [0.2, 0.25) is 0 Å². The molecule has 10 heteroatoms. The summed E-state index contributed by atoms with van der Waals surface area (Å²) in [6, 6.07) is 10.0. The molecule has 0 aliphatic heterocycles. The summed E-state index contributed by atoms with van der Waals surface area (Å²) >= 11 is 0. The van der Waals surface area contributed by atoms with E-state index in [2.05, 4.69) is 5.32 Å². The summed E-state index contributed by atoms with van der Waals surface area (Å²) in [4.78, 5) is 25.5. The summed E-state index contributed by atoms with van der Waals surface area (Å²) in [6.07, 6.45) is 0.669. The van der Waals surface area contributed by atoms with E-state index in [1.54, 1.807) is 19.1 Å². The molecule has 1 unspecified atom stereocenters. The number of ether oxygens (including phenoxy) is 1. The molecule has 2 amide bonds. The Hall–Kier alpha value is -3.14. The maximum absolute atomic E-state index is 13.1. The molecule has 0 heterocycles. The smallest absolute Gasteiger partial charge is 0.339 e. The van der Waals surface area contributed by atoms with Crippen molar-refractivity contribution in [3.63, 3.8) is 0 Å². The van der Waals surface area contributed by atoms with Crippen LogP contribution >= 0.6 is 0 Å². The molecule has 0 fully saturated rings. The van der Waals surface area contributed by atoms with Gasteiger partial charge in [-0.1, -0.05) is 19.1 Å². The average Bonchev–Trinajstić information content (AvgIpc) is 2.75. The first kappa shape index (κ1) is 25.1. The highest BCUT2D eigenvalue weighted by Gasteiger charge is 2.21. The van der Waals surface area contributed by atoms with Gasteiger partial charge in [0.05, 0.1) is 6.61 Å². The zero-order valence-corrected chi connectivity index (χ0v) is 19.0. The molecule has 1 atom stereocenters. The Morgan fingerprint density at radius 2 is 1.81 bits per heavy atom. The van der Waals surface area contributed by atoms with E-state index in [1.165, 1.54) is 17.0 Å². The van der Waals surface area contributed by atoms with Crippen molar-refractivity contribution < 1.29 is 31.3 Å². The number of nitrogens with zero attached hydrogens (tertiary/aromatic N) is 1. The molecule has 1 N–H and O–H groups in total. The molecule has 0 spiro atoms. The first-order valence-electron chi connectivity index (χ1n) is 10.1. The quantitative estimate of drug-likeness (QED) is 0.425. The Morgan fingerprint density at radius 3 is 2.44 bits per heavy atom. The lowest BCUT2D eigenvalue weighted by atomic mass is 10.1. The minimum atomic E-state index is -4.15. The molecule has 0 aliphatic rings. The van der Waals surface area contributed by atoms with Crippen LogP contribution in [-0.2, 0) is 26.2 Å².